The maximum atomic E-state index is 13.5. The van der Waals surface area contributed by atoms with Crippen molar-refractivity contribution in [3.63, 3.8) is 0 Å². The zero-order valence-electron chi connectivity index (χ0n) is 10.8. The Bertz CT molecular complexity index is 686. The van der Waals surface area contributed by atoms with Crippen LogP contribution in [0.25, 0.3) is 0 Å². The van der Waals surface area contributed by atoms with Gasteiger partial charge in [0.05, 0.1) is 11.3 Å². The third kappa shape index (κ3) is 4.33. The molecule has 3 nitrogen and oxygen atoms in total. The molecule has 0 saturated heterocycles. The molecule has 22 heavy (non-hydrogen) atoms. The van der Waals surface area contributed by atoms with Crippen molar-refractivity contribution in [3.05, 3.63) is 57.4 Å². The van der Waals surface area contributed by atoms with Crippen molar-refractivity contribution < 1.29 is 22.4 Å². The molecule has 2 aromatic rings. The molecular formula is C14H9F4IN2O. The SMILES string of the molecule is O=C(Nc1ccc(I)cc1)Nc1cc(C(F)(F)F)ccc1F. The number of halogens is 5. The van der Waals surface area contributed by atoms with E-state index >= 15 is 0 Å². The van der Waals surface area contributed by atoms with E-state index in [-0.39, 0.29) is 0 Å². The van der Waals surface area contributed by atoms with Gasteiger partial charge >= 0.3 is 12.2 Å². The third-order valence-electron chi connectivity index (χ3n) is 2.64. The second-order valence-electron chi connectivity index (χ2n) is 4.28. The molecule has 0 fully saturated rings. The molecule has 0 spiro atoms. The number of benzene rings is 2. The summed E-state index contributed by atoms with van der Waals surface area (Å²) in [6.45, 7) is 0. The number of amides is 2. The molecule has 0 aliphatic heterocycles. The zero-order valence-corrected chi connectivity index (χ0v) is 13.0. The number of hydrogen-bond acceptors (Lipinski definition) is 1. The van der Waals surface area contributed by atoms with Crippen molar-refractivity contribution in [2.45, 2.75) is 6.18 Å². The fourth-order valence-electron chi connectivity index (χ4n) is 1.62. The van der Waals surface area contributed by atoms with E-state index in [2.05, 4.69) is 33.2 Å². The molecule has 0 aliphatic carbocycles. The van der Waals surface area contributed by atoms with Gasteiger partial charge in [-0.05, 0) is 65.1 Å². The van der Waals surface area contributed by atoms with E-state index in [9.17, 15) is 22.4 Å². The number of alkyl halides is 3. The Morgan fingerprint density at radius 1 is 1.00 bits per heavy atom. The summed E-state index contributed by atoms with van der Waals surface area (Å²) in [6.07, 6.45) is -4.61. The van der Waals surface area contributed by atoms with E-state index in [1.165, 1.54) is 0 Å². The van der Waals surface area contributed by atoms with Crippen LogP contribution in [-0.4, -0.2) is 6.03 Å². The number of nitrogens with one attached hydrogen (secondary N) is 2. The summed E-state index contributed by atoms with van der Waals surface area (Å²) in [5.41, 5.74) is -1.15. The lowest BCUT2D eigenvalue weighted by Gasteiger charge is -2.11. The Hall–Kier alpha value is -1.84. The molecule has 0 unspecified atom stereocenters. The van der Waals surface area contributed by atoms with Crippen LogP contribution in [0.3, 0.4) is 0 Å². The lowest BCUT2D eigenvalue weighted by molar-refractivity contribution is -0.137. The molecule has 2 amide bonds. The van der Waals surface area contributed by atoms with Gasteiger partial charge in [0, 0.05) is 9.26 Å². The lowest BCUT2D eigenvalue weighted by atomic mass is 10.2. The highest BCUT2D eigenvalue weighted by atomic mass is 127. The molecule has 2 aromatic carbocycles. The Kier molecular flexibility index (Phi) is 4.89. The topological polar surface area (TPSA) is 41.1 Å². The van der Waals surface area contributed by atoms with Gasteiger partial charge in [-0.25, -0.2) is 9.18 Å². The maximum Gasteiger partial charge on any atom is 0.416 e. The minimum atomic E-state index is -4.61. The smallest absolute Gasteiger partial charge is 0.308 e. The summed E-state index contributed by atoms with van der Waals surface area (Å²) in [5, 5.41) is 4.46. The van der Waals surface area contributed by atoms with E-state index in [1.54, 1.807) is 24.3 Å². The molecule has 2 N–H and O–H groups in total. The quantitative estimate of drug-likeness (QED) is 0.512. The normalized spacial score (nSPS) is 11.1. The molecule has 0 heterocycles. The molecule has 116 valence electrons. The average Bonchev–Trinajstić information content (AvgIpc) is 2.42. The summed E-state index contributed by atoms with van der Waals surface area (Å²) in [5.74, 6) is -0.953. The predicted octanol–water partition coefficient (Wildman–Crippen LogP) is 5.09. The summed E-state index contributed by atoms with van der Waals surface area (Å²) in [7, 11) is 0. The van der Waals surface area contributed by atoms with Gasteiger partial charge in [0.2, 0.25) is 0 Å². The van der Waals surface area contributed by atoms with E-state index in [0.717, 1.165) is 3.57 Å². The molecule has 8 heteroatoms. The van der Waals surface area contributed by atoms with Crippen molar-refractivity contribution in [1.29, 1.82) is 0 Å². The first-order valence-corrected chi connectivity index (χ1v) is 7.04. The second kappa shape index (κ2) is 6.51. The monoisotopic (exact) mass is 424 g/mol. The Morgan fingerprint density at radius 2 is 1.64 bits per heavy atom. The van der Waals surface area contributed by atoms with E-state index in [4.69, 9.17) is 0 Å². The Labute approximate surface area is 136 Å². The largest absolute Gasteiger partial charge is 0.416 e. The first kappa shape index (κ1) is 16.5. The van der Waals surface area contributed by atoms with E-state index in [1.807, 2.05) is 0 Å². The van der Waals surface area contributed by atoms with Gasteiger partial charge in [0.1, 0.15) is 5.82 Å². The number of anilines is 2. The molecule has 0 aromatic heterocycles. The average molecular weight is 424 g/mol. The van der Waals surface area contributed by atoms with Crippen molar-refractivity contribution in [1.82, 2.24) is 0 Å². The van der Waals surface area contributed by atoms with Gasteiger partial charge < -0.3 is 10.6 Å². The van der Waals surface area contributed by atoms with Gasteiger partial charge in [0.15, 0.2) is 0 Å². The van der Waals surface area contributed by atoms with Gasteiger partial charge in [-0.15, -0.1) is 0 Å². The summed E-state index contributed by atoms with van der Waals surface area (Å²) >= 11 is 2.08. The van der Waals surface area contributed by atoms with Crippen LogP contribution >= 0.6 is 22.6 Å². The molecule has 0 saturated carbocycles. The molecular weight excluding hydrogens is 415 g/mol. The zero-order chi connectivity index (χ0) is 16.3. The molecule has 2 rings (SSSR count). The Balaban J connectivity index is 2.12. The van der Waals surface area contributed by atoms with Gasteiger partial charge in [0.25, 0.3) is 0 Å². The van der Waals surface area contributed by atoms with E-state index in [0.29, 0.717) is 23.9 Å². The van der Waals surface area contributed by atoms with Crippen LogP contribution in [0.1, 0.15) is 5.56 Å². The third-order valence-corrected chi connectivity index (χ3v) is 3.36. The van der Waals surface area contributed by atoms with E-state index < -0.39 is 29.3 Å². The lowest BCUT2D eigenvalue weighted by Crippen LogP contribution is -2.20. The number of carbonyl (C=O) groups is 1. The number of urea groups is 1. The second-order valence-corrected chi connectivity index (χ2v) is 5.52. The van der Waals surface area contributed by atoms with Crippen LogP contribution in [0.2, 0.25) is 0 Å². The van der Waals surface area contributed by atoms with Crippen LogP contribution < -0.4 is 10.6 Å². The van der Waals surface area contributed by atoms with Gasteiger partial charge in [-0.3, -0.25) is 0 Å². The van der Waals surface area contributed by atoms with Crippen LogP contribution in [0, 0.1) is 9.39 Å². The first-order chi connectivity index (χ1) is 10.3. The highest BCUT2D eigenvalue weighted by Crippen LogP contribution is 2.31. The minimum absolute atomic E-state index is 0.435. The summed E-state index contributed by atoms with van der Waals surface area (Å²) in [6, 6.07) is 7.68. The van der Waals surface area contributed by atoms with Crippen molar-refractivity contribution in [2.24, 2.45) is 0 Å². The fraction of sp³-hybridized carbons (Fsp3) is 0.0714. The molecule has 0 bridgehead atoms. The maximum absolute atomic E-state index is 13.5. The van der Waals surface area contributed by atoms with Crippen LogP contribution in [0.15, 0.2) is 42.5 Å². The van der Waals surface area contributed by atoms with Crippen LogP contribution in [-0.2, 0) is 6.18 Å². The van der Waals surface area contributed by atoms with Gasteiger partial charge in [-0.2, -0.15) is 13.2 Å². The predicted molar refractivity (Wildman–Crippen MR) is 83.2 cm³/mol. The number of hydrogen-bond donors (Lipinski definition) is 2. The fourth-order valence-corrected chi connectivity index (χ4v) is 1.97. The van der Waals surface area contributed by atoms with Crippen molar-refractivity contribution in [3.8, 4) is 0 Å². The summed E-state index contributed by atoms with van der Waals surface area (Å²) < 4.78 is 52.2. The highest BCUT2D eigenvalue weighted by molar-refractivity contribution is 14.1. The van der Waals surface area contributed by atoms with Crippen LogP contribution in [0.5, 0.6) is 0 Å². The molecule has 0 aliphatic rings. The van der Waals surface area contributed by atoms with Gasteiger partial charge in [-0.1, -0.05) is 0 Å². The first-order valence-electron chi connectivity index (χ1n) is 5.96. The van der Waals surface area contributed by atoms with Crippen LogP contribution in [0.4, 0.5) is 33.7 Å². The molecule has 0 radical (unpaired) electrons. The Morgan fingerprint density at radius 3 is 2.23 bits per heavy atom. The number of carbonyl (C=O) groups excluding carboxylic acids is 1. The van der Waals surface area contributed by atoms with Crippen molar-refractivity contribution >= 4 is 40.0 Å². The van der Waals surface area contributed by atoms with Crippen molar-refractivity contribution in [2.75, 3.05) is 10.6 Å². The minimum Gasteiger partial charge on any atom is -0.308 e. The standard InChI is InChI=1S/C14H9F4IN2O/c15-11-6-1-8(14(16,17)18)7-12(11)21-13(22)20-10-4-2-9(19)3-5-10/h1-7H,(H2,20,21,22). The summed E-state index contributed by atoms with van der Waals surface area (Å²) in [4.78, 5) is 11.7. The number of rotatable bonds is 2. The highest BCUT2D eigenvalue weighted by Gasteiger charge is 2.31. The molecule has 0 atom stereocenters.